The minimum Gasteiger partial charge on any atom is -0.398 e. The van der Waals surface area contributed by atoms with E-state index in [0.29, 0.717) is 19.6 Å². The number of nitrogen functional groups attached to an aromatic ring is 1. The van der Waals surface area contributed by atoms with Crippen LogP contribution < -0.4 is 11.1 Å². The Morgan fingerprint density at radius 1 is 1.26 bits per heavy atom. The second-order valence-corrected chi connectivity index (χ2v) is 5.42. The Kier molecular flexibility index (Phi) is 3.97. The van der Waals surface area contributed by atoms with Crippen LogP contribution in [-0.4, -0.2) is 29.6 Å². The van der Waals surface area contributed by atoms with Crippen LogP contribution in [0.3, 0.4) is 0 Å². The number of rotatable bonds is 2. The van der Waals surface area contributed by atoms with Crippen molar-refractivity contribution in [2.75, 3.05) is 24.1 Å². The van der Waals surface area contributed by atoms with Crippen LogP contribution in [0.5, 0.6) is 0 Å². The van der Waals surface area contributed by atoms with Gasteiger partial charge in [0, 0.05) is 36.6 Å². The van der Waals surface area contributed by atoms with Gasteiger partial charge in [0.05, 0.1) is 0 Å². The molecule has 0 saturated heterocycles. The average molecular weight is 312 g/mol. The van der Waals surface area contributed by atoms with Crippen LogP contribution in [0.1, 0.15) is 11.1 Å². The summed E-state index contributed by atoms with van der Waals surface area (Å²) < 4.78 is 13.4. The Labute approximate surface area is 133 Å². The van der Waals surface area contributed by atoms with E-state index < -0.39 is 11.7 Å². The molecule has 0 bridgehead atoms. The summed E-state index contributed by atoms with van der Waals surface area (Å²) in [5.74, 6) is -0.976. The third-order valence-electron chi connectivity index (χ3n) is 3.86. The molecule has 0 aliphatic carbocycles. The molecule has 1 amide bonds. The molecule has 0 spiro atoms. The van der Waals surface area contributed by atoms with Crippen LogP contribution in [0.15, 0.2) is 42.5 Å². The first-order valence-corrected chi connectivity index (χ1v) is 7.31. The largest absolute Gasteiger partial charge is 0.398 e. The Hall–Kier alpha value is -2.89. The van der Waals surface area contributed by atoms with Crippen molar-refractivity contribution in [3.05, 3.63) is 59.4 Å². The number of halogens is 1. The van der Waals surface area contributed by atoms with Gasteiger partial charge in [-0.15, -0.1) is 0 Å². The Bertz CT molecular complexity index is 775. The molecular weight excluding hydrogens is 295 g/mol. The Morgan fingerprint density at radius 2 is 2.04 bits per heavy atom. The molecule has 2 aromatic carbocycles. The summed E-state index contributed by atoms with van der Waals surface area (Å²) in [6.07, 6.45) is 0. The highest BCUT2D eigenvalue weighted by molar-refractivity contribution is 6.45. The number of anilines is 2. The van der Waals surface area contributed by atoms with Crippen LogP contribution in [0, 0.1) is 11.2 Å². The van der Waals surface area contributed by atoms with Gasteiger partial charge in [-0.05, 0) is 29.8 Å². The maximum Gasteiger partial charge on any atom is 0.272 e. The van der Waals surface area contributed by atoms with Crippen molar-refractivity contribution in [3.63, 3.8) is 0 Å². The summed E-state index contributed by atoms with van der Waals surface area (Å²) in [5.41, 5.74) is 7.80. The summed E-state index contributed by atoms with van der Waals surface area (Å²) in [7, 11) is 0. The summed E-state index contributed by atoms with van der Waals surface area (Å²) in [6.45, 7) is 1.46. The maximum absolute atomic E-state index is 13.4. The van der Waals surface area contributed by atoms with Crippen molar-refractivity contribution >= 4 is 23.0 Å². The lowest BCUT2D eigenvalue weighted by Gasteiger charge is -2.21. The van der Waals surface area contributed by atoms with E-state index >= 15 is 0 Å². The zero-order valence-electron chi connectivity index (χ0n) is 12.5. The van der Waals surface area contributed by atoms with Crippen molar-refractivity contribution < 1.29 is 9.18 Å². The van der Waals surface area contributed by atoms with Gasteiger partial charge in [-0.2, -0.15) is 0 Å². The lowest BCUT2D eigenvalue weighted by Crippen LogP contribution is -2.38. The molecule has 1 aliphatic heterocycles. The molecule has 0 aromatic heterocycles. The van der Waals surface area contributed by atoms with E-state index in [4.69, 9.17) is 11.1 Å². The fraction of sp³-hybridized carbons (Fsp3) is 0.176. The third kappa shape index (κ3) is 3.01. The second kappa shape index (κ2) is 6.08. The number of nitrogens with zero attached hydrogens (tertiary/aromatic N) is 1. The second-order valence-electron chi connectivity index (χ2n) is 5.42. The number of carbonyl (C=O) groups excluding carboxylic acids is 1. The number of hydrogen-bond acceptors (Lipinski definition) is 4. The number of fused-ring (bicyclic) bond motifs is 1. The highest BCUT2D eigenvalue weighted by atomic mass is 19.1. The zero-order chi connectivity index (χ0) is 16.4. The molecule has 3 rings (SSSR count). The van der Waals surface area contributed by atoms with Crippen LogP contribution in [0.4, 0.5) is 15.8 Å². The van der Waals surface area contributed by atoms with Gasteiger partial charge in [0.15, 0.2) is 0 Å². The predicted octanol–water partition coefficient (Wildman–Crippen LogP) is 2.23. The van der Waals surface area contributed by atoms with Gasteiger partial charge in [0.1, 0.15) is 11.5 Å². The van der Waals surface area contributed by atoms with Gasteiger partial charge in [-0.3, -0.25) is 10.2 Å². The first-order valence-electron chi connectivity index (χ1n) is 7.31. The van der Waals surface area contributed by atoms with E-state index in [1.807, 2.05) is 24.3 Å². The summed E-state index contributed by atoms with van der Waals surface area (Å²) in [6, 6.07) is 11.4. The number of nitrogens with one attached hydrogen (secondary N) is 2. The molecule has 0 unspecified atom stereocenters. The summed E-state index contributed by atoms with van der Waals surface area (Å²) in [5, 5.41) is 11.4. The Balaban J connectivity index is 1.85. The number of amides is 1. The van der Waals surface area contributed by atoms with Crippen LogP contribution >= 0.6 is 0 Å². The van der Waals surface area contributed by atoms with E-state index in [1.54, 1.807) is 4.90 Å². The molecule has 0 atom stereocenters. The molecule has 1 heterocycles. The quantitative estimate of drug-likeness (QED) is 0.587. The van der Waals surface area contributed by atoms with E-state index in [-0.39, 0.29) is 17.0 Å². The van der Waals surface area contributed by atoms with E-state index in [1.165, 1.54) is 12.1 Å². The molecule has 5 nitrogen and oxygen atoms in total. The molecular formula is C17H17FN4O. The highest BCUT2D eigenvalue weighted by Crippen LogP contribution is 2.21. The van der Waals surface area contributed by atoms with Crippen molar-refractivity contribution in [1.29, 1.82) is 5.41 Å². The minimum absolute atomic E-state index is 0.125. The van der Waals surface area contributed by atoms with Crippen LogP contribution in [0.2, 0.25) is 0 Å². The van der Waals surface area contributed by atoms with Crippen molar-refractivity contribution in [1.82, 2.24) is 4.90 Å². The molecule has 1 aliphatic rings. The lowest BCUT2D eigenvalue weighted by molar-refractivity contribution is -0.124. The molecule has 118 valence electrons. The third-order valence-corrected chi connectivity index (χ3v) is 3.86. The summed E-state index contributed by atoms with van der Waals surface area (Å²) in [4.78, 5) is 14.2. The molecule has 2 aromatic rings. The van der Waals surface area contributed by atoms with Gasteiger partial charge in [0.2, 0.25) is 0 Å². The van der Waals surface area contributed by atoms with Gasteiger partial charge in [0.25, 0.3) is 5.91 Å². The predicted molar refractivity (Wildman–Crippen MR) is 88.0 cm³/mol. The smallest absolute Gasteiger partial charge is 0.272 e. The molecule has 6 heteroatoms. The number of nitrogens with two attached hydrogens (primary N) is 1. The topological polar surface area (TPSA) is 82.2 Å². The number of hydrogen-bond donors (Lipinski definition) is 3. The van der Waals surface area contributed by atoms with Gasteiger partial charge < -0.3 is 16.0 Å². The van der Waals surface area contributed by atoms with E-state index in [9.17, 15) is 9.18 Å². The first-order chi connectivity index (χ1) is 11.1. The molecule has 0 saturated carbocycles. The summed E-state index contributed by atoms with van der Waals surface area (Å²) >= 11 is 0. The zero-order valence-corrected chi connectivity index (χ0v) is 12.5. The van der Waals surface area contributed by atoms with E-state index in [0.717, 1.165) is 17.3 Å². The lowest BCUT2D eigenvalue weighted by atomic mass is 10.1. The number of carbonyl (C=O) groups is 1. The fourth-order valence-electron chi connectivity index (χ4n) is 2.63. The van der Waals surface area contributed by atoms with Crippen molar-refractivity contribution in [3.8, 4) is 0 Å². The SMILES string of the molecule is N=C(C(=O)N1CCNc2ccccc2C1)c1cc(F)ccc1N. The molecule has 0 radical (unpaired) electrons. The maximum atomic E-state index is 13.4. The van der Waals surface area contributed by atoms with Gasteiger partial charge >= 0.3 is 0 Å². The monoisotopic (exact) mass is 312 g/mol. The molecule has 23 heavy (non-hydrogen) atoms. The van der Waals surface area contributed by atoms with Crippen LogP contribution in [-0.2, 0) is 11.3 Å². The number of benzene rings is 2. The first kappa shape index (κ1) is 15.0. The molecule has 4 N–H and O–H groups in total. The van der Waals surface area contributed by atoms with Crippen molar-refractivity contribution in [2.24, 2.45) is 0 Å². The van der Waals surface area contributed by atoms with Crippen LogP contribution in [0.25, 0.3) is 0 Å². The molecule has 0 fully saturated rings. The fourth-order valence-corrected chi connectivity index (χ4v) is 2.63. The normalized spacial score (nSPS) is 13.7. The van der Waals surface area contributed by atoms with Gasteiger partial charge in [-0.25, -0.2) is 4.39 Å². The average Bonchev–Trinajstić information content (AvgIpc) is 2.78. The number of para-hydroxylation sites is 1. The standard InChI is InChI=1S/C17H17FN4O/c18-12-5-6-14(19)13(9-12)16(20)17(23)22-8-7-21-15-4-2-1-3-11(15)10-22/h1-6,9,20-21H,7-8,10,19H2. The minimum atomic E-state index is -0.519. The van der Waals surface area contributed by atoms with Crippen molar-refractivity contribution in [2.45, 2.75) is 6.54 Å². The van der Waals surface area contributed by atoms with Gasteiger partial charge in [-0.1, -0.05) is 18.2 Å². The van der Waals surface area contributed by atoms with E-state index in [2.05, 4.69) is 5.32 Å². The highest BCUT2D eigenvalue weighted by Gasteiger charge is 2.24. The Morgan fingerprint density at radius 3 is 2.87 bits per heavy atom.